The topological polar surface area (TPSA) is 192 Å². The van der Waals surface area contributed by atoms with E-state index in [-0.39, 0.29) is 12.3 Å². The molecule has 4 atom stereocenters. The Kier molecular flexibility index (Phi) is 6.65. The van der Waals surface area contributed by atoms with Gasteiger partial charge in [0.15, 0.2) is 23.2 Å². The molecule has 1 aliphatic heterocycles. The Morgan fingerprint density at radius 1 is 1.19 bits per heavy atom. The summed E-state index contributed by atoms with van der Waals surface area (Å²) in [5.74, 6) is 0.403. The number of imidazole rings is 1. The SMILES string of the molecule is O=P(O)(O)Oc1cc(I)cc(CNc2ncnc3c2ncn3[C@@H]2O[C@H](CO)[C@@H](O)[C@H]2O)c1. The predicted molar refractivity (Wildman–Crippen MR) is 117 cm³/mol. The molecule has 1 aliphatic rings. The molecule has 15 heteroatoms. The predicted octanol–water partition coefficient (Wildman–Crippen LogP) is 0.126. The fourth-order valence-corrected chi connectivity index (χ4v) is 4.46. The molecule has 6 N–H and O–H groups in total. The summed E-state index contributed by atoms with van der Waals surface area (Å²) in [6.07, 6.45) is -1.78. The average Bonchev–Trinajstić information content (AvgIpc) is 3.26. The van der Waals surface area contributed by atoms with Crippen molar-refractivity contribution in [1.82, 2.24) is 19.5 Å². The van der Waals surface area contributed by atoms with Gasteiger partial charge >= 0.3 is 7.82 Å². The van der Waals surface area contributed by atoms with Gasteiger partial charge in [-0.25, -0.2) is 19.5 Å². The van der Waals surface area contributed by atoms with Crippen LogP contribution in [-0.4, -0.2) is 69.5 Å². The molecule has 13 nitrogen and oxygen atoms in total. The molecule has 0 radical (unpaired) electrons. The van der Waals surface area contributed by atoms with E-state index in [4.69, 9.17) is 14.5 Å². The Morgan fingerprint density at radius 3 is 2.66 bits per heavy atom. The number of nitrogens with zero attached hydrogens (tertiary/aromatic N) is 4. The Labute approximate surface area is 194 Å². The highest BCUT2D eigenvalue weighted by Gasteiger charge is 2.44. The lowest BCUT2D eigenvalue weighted by Crippen LogP contribution is -2.33. The van der Waals surface area contributed by atoms with Crippen LogP contribution in [0.25, 0.3) is 11.2 Å². The summed E-state index contributed by atoms with van der Waals surface area (Å²) in [4.78, 5) is 30.7. The van der Waals surface area contributed by atoms with Gasteiger partial charge in [0.1, 0.15) is 30.4 Å². The molecule has 0 bridgehead atoms. The molecule has 3 heterocycles. The van der Waals surface area contributed by atoms with E-state index in [0.29, 0.717) is 26.1 Å². The second kappa shape index (κ2) is 9.15. The average molecular weight is 579 g/mol. The number of phosphoric ester groups is 1. The van der Waals surface area contributed by atoms with Crippen molar-refractivity contribution >= 4 is 47.4 Å². The molecule has 0 unspecified atom stereocenters. The zero-order chi connectivity index (χ0) is 23.0. The molecular formula is C17H19IN5O8P. The maximum absolute atomic E-state index is 11.1. The van der Waals surface area contributed by atoms with Crippen molar-refractivity contribution in [2.24, 2.45) is 0 Å². The molecular weight excluding hydrogens is 560 g/mol. The van der Waals surface area contributed by atoms with Crippen molar-refractivity contribution in [3.05, 3.63) is 40.0 Å². The third kappa shape index (κ3) is 4.87. The first kappa shape index (κ1) is 23.3. The van der Waals surface area contributed by atoms with Crippen molar-refractivity contribution in [3.63, 3.8) is 0 Å². The monoisotopic (exact) mass is 579 g/mol. The number of ether oxygens (including phenoxy) is 1. The quantitative estimate of drug-likeness (QED) is 0.164. The molecule has 0 spiro atoms. The summed E-state index contributed by atoms with van der Waals surface area (Å²) in [5.41, 5.74) is 1.39. The Morgan fingerprint density at radius 2 is 1.97 bits per heavy atom. The fourth-order valence-electron chi connectivity index (χ4n) is 3.38. The first-order chi connectivity index (χ1) is 15.2. The number of nitrogens with one attached hydrogen (secondary N) is 1. The van der Waals surface area contributed by atoms with Crippen molar-refractivity contribution in [1.29, 1.82) is 0 Å². The first-order valence-electron chi connectivity index (χ1n) is 9.25. The molecule has 1 saturated heterocycles. The van der Waals surface area contributed by atoms with Gasteiger partial charge in [-0.15, -0.1) is 0 Å². The molecule has 2 aromatic heterocycles. The molecule has 1 aromatic carbocycles. The number of aromatic nitrogens is 4. The van der Waals surface area contributed by atoms with Crippen LogP contribution >= 0.6 is 30.4 Å². The van der Waals surface area contributed by atoms with Gasteiger partial charge in [0.25, 0.3) is 0 Å². The maximum atomic E-state index is 11.1. The highest BCUT2D eigenvalue weighted by atomic mass is 127. The highest BCUT2D eigenvalue weighted by Crippen LogP contribution is 2.38. The molecule has 172 valence electrons. The van der Waals surface area contributed by atoms with E-state index in [1.807, 2.05) is 22.6 Å². The summed E-state index contributed by atoms with van der Waals surface area (Å²) in [7, 11) is -4.68. The van der Waals surface area contributed by atoms with Gasteiger partial charge in [-0.1, -0.05) is 0 Å². The zero-order valence-corrected chi connectivity index (χ0v) is 19.2. The van der Waals surface area contributed by atoms with E-state index in [9.17, 15) is 19.9 Å². The van der Waals surface area contributed by atoms with Crippen molar-refractivity contribution in [2.45, 2.75) is 31.1 Å². The number of aliphatic hydroxyl groups is 3. The van der Waals surface area contributed by atoms with Crippen LogP contribution in [-0.2, 0) is 15.8 Å². The minimum atomic E-state index is -4.68. The number of benzene rings is 1. The number of hydrogen-bond donors (Lipinski definition) is 6. The lowest BCUT2D eigenvalue weighted by molar-refractivity contribution is -0.0511. The minimum absolute atomic E-state index is 0.0310. The third-order valence-electron chi connectivity index (χ3n) is 4.77. The van der Waals surface area contributed by atoms with E-state index in [0.717, 1.165) is 0 Å². The number of aliphatic hydroxyl groups excluding tert-OH is 3. The number of fused-ring (bicyclic) bond motifs is 1. The van der Waals surface area contributed by atoms with Crippen LogP contribution in [0.5, 0.6) is 5.75 Å². The largest absolute Gasteiger partial charge is 0.524 e. The van der Waals surface area contributed by atoms with Crippen LogP contribution in [0.2, 0.25) is 0 Å². The molecule has 32 heavy (non-hydrogen) atoms. The molecule has 1 fully saturated rings. The molecule has 3 aromatic rings. The van der Waals surface area contributed by atoms with E-state index >= 15 is 0 Å². The fraction of sp³-hybridized carbons (Fsp3) is 0.353. The molecule has 0 aliphatic carbocycles. The molecule has 0 saturated carbocycles. The Balaban J connectivity index is 1.56. The van der Waals surface area contributed by atoms with Crippen molar-refractivity contribution < 1.29 is 38.9 Å². The van der Waals surface area contributed by atoms with E-state index in [2.05, 4.69) is 24.8 Å². The van der Waals surface area contributed by atoms with Gasteiger partial charge in [-0.3, -0.25) is 14.4 Å². The van der Waals surface area contributed by atoms with E-state index < -0.39 is 39.0 Å². The number of rotatable bonds is 7. The van der Waals surface area contributed by atoms with Crippen LogP contribution in [0.1, 0.15) is 11.8 Å². The van der Waals surface area contributed by atoms with Gasteiger partial charge in [-0.05, 0) is 46.4 Å². The highest BCUT2D eigenvalue weighted by molar-refractivity contribution is 14.1. The molecule has 4 rings (SSSR count). The van der Waals surface area contributed by atoms with Crippen molar-refractivity contribution in [3.8, 4) is 5.75 Å². The van der Waals surface area contributed by atoms with Gasteiger partial charge in [0.2, 0.25) is 0 Å². The number of hydrogen-bond acceptors (Lipinski definition) is 10. The normalized spacial score (nSPS) is 23.6. The van der Waals surface area contributed by atoms with Crippen LogP contribution in [0, 0.1) is 3.57 Å². The minimum Gasteiger partial charge on any atom is -0.404 e. The summed E-state index contributed by atoms with van der Waals surface area (Å²) in [6, 6.07) is 4.79. The number of phosphoric acid groups is 1. The standard InChI is InChI=1S/C17H19IN5O8P/c18-9-1-8(2-10(3-9)31-32(27,28)29)4-19-15-12-16(21-6-20-15)23(7-22-12)17-14(26)13(25)11(5-24)30-17/h1-3,6-7,11,13-14,17,24-26H,4-5H2,(H,19,20,21)(H2,27,28,29)/t11-,13-,14-,17-/m1/s1. The van der Waals surface area contributed by atoms with Crippen LogP contribution in [0.15, 0.2) is 30.9 Å². The Hall–Kier alpha value is -1.91. The van der Waals surface area contributed by atoms with E-state index in [1.165, 1.54) is 29.4 Å². The van der Waals surface area contributed by atoms with Crippen LogP contribution < -0.4 is 9.84 Å². The van der Waals surface area contributed by atoms with Crippen LogP contribution in [0.3, 0.4) is 0 Å². The van der Waals surface area contributed by atoms with Crippen LogP contribution in [0.4, 0.5) is 5.82 Å². The lowest BCUT2D eigenvalue weighted by Gasteiger charge is -2.16. The van der Waals surface area contributed by atoms with Gasteiger partial charge in [-0.2, -0.15) is 0 Å². The maximum Gasteiger partial charge on any atom is 0.524 e. The number of anilines is 1. The van der Waals surface area contributed by atoms with Gasteiger partial charge in [0.05, 0.1) is 12.9 Å². The first-order valence-corrected chi connectivity index (χ1v) is 11.9. The van der Waals surface area contributed by atoms with Gasteiger partial charge in [0, 0.05) is 10.1 Å². The lowest BCUT2D eigenvalue weighted by atomic mass is 10.1. The summed E-state index contributed by atoms with van der Waals surface area (Å²) < 4.78 is 23.5. The van der Waals surface area contributed by atoms with Gasteiger partial charge < -0.3 is 29.9 Å². The second-order valence-electron chi connectivity index (χ2n) is 7.01. The third-order valence-corrected chi connectivity index (χ3v) is 5.84. The zero-order valence-electron chi connectivity index (χ0n) is 16.2. The second-order valence-corrected chi connectivity index (χ2v) is 9.42. The van der Waals surface area contributed by atoms with E-state index in [1.54, 1.807) is 6.07 Å². The molecule has 0 amide bonds. The Bertz CT molecular complexity index is 1170. The summed E-state index contributed by atoms with van der Waals surface area (Å²) in [6.45, 7) is -0.214. The van der Waals surface area contributed by atoms with Crippen molar-refractivity contribution in [2.75, 3.05) is 11.9 Å². The summed E-state index contributed by atoms with van der Waals surface area (Å²) in [5, 5.41) is 32.7. The summed E-state index contributed by atoms with van der Waals surface area (Å²) >= 11 is 2.01. The smallest absolute Gasteiger partial charge is 0.404 e. The number of halogens is 1.